The maximum absolute atomic E-state index is 6.03. The number of nitrogens with zero attached hydrogens (tertiary/aromatic N) is 2. The molecule has 2 unspecified atom stereocenters. The van der Waals surface area contributed by atoms with Gasteiger partial charge in [0, 0.05) is 22.4 Å². The molecule has 0 bridgehead atoms. The summed E-state index contributed by atoms with van der Waals surface area (Å²) in [4.78, 5) is 4.61. The van der Waals surface area contributed by atoms with Gasteiger partial charge in [-0.15, -0.1) is 11.8 Å². The highest BCUT2D eigenvalue weighted by Gasteiger charge is 2.30. The Morgan fingerprint density at radius 1 is 1.33 bits per heavy atom. The first-order valence-electron chi connectivity index (χ1n) is 7.12. The van der Waals surface area contributed by atoms with Crippen molar-refractivity contribution in [1.82, 2.24) is 10.1 Å². The quantitative estimate of drug-likeness (QED) is 0.864. The minimum atomic E-state index is 0.317. The SMILES string of the molecule is CCC1SCCSC1c1noc(-c2cc(C)ccc2N)n1. The first-order chi connectivity index (χ1) is 10.2. The number of thioether (sulfide) groups is 2. The lowest BCUT2D eigenvalue weighted by molar-refractivity contribution is 0.421. The van der Waals surface area contributed by atoms with Gasteiger partial charge in [0.15, 0.2) is 5.82 Å². The van der Waals surface area contributed by atoms with E-state index in [2.05, 4.69) is 17.1 Å². The molecule has 1 aromatic carbocycles. The Morgan fingerprint density at radius 3 is 2.95 bits per heavy atom. The molecule has 4 nitrogen and oxygen atoms in total. The van der Waals surface area contributed by atoms with Crippen LogP contribution in [0.2, 0.25) is 0 Å². The Labute approximate surface area is 133 Å². The number of aryl methyl sites for hydroxylation is 1. The fourth-order valence-electron chi connectivity index (χ4n) is 2.46. The normalized spacial score (nSPS) is 22.4. The van der Waals surface area contributed by atoms with Crippen LogP contribution in [0.25, 0.3) is 11.5 Å². The average Bonchev–Trinajstić information content (AvgIpc) is 2.99. The predicted molar refractivity (Wildman–Crippen MR) is 90.6 cm³/mol. The zero-order valence-electron chi connectivity index (χ0n) is 12.2. The molecule has 0 amide bonds. The Balaban J connectivity index is 1.90. The smallest absolute Gasteiger partial charge is 0.260 e. The third-order valence-corrected chi connectivity index (χ3v) is 6.83. The van der Waals surface area contributed by atoms with Crippen LogP contribution in [0.3, 0.4) is 0 Å². The zero-order valence-corrected chi connectivity index (χ0v) is 13.8. The molecule has 0 aliphatic carbocycles. The summed E-state index contributed by atoms with van der Waals surface area (Å²) in [5.41, 5.74) is 8.66. The Bertz CT molecular complexity index is 629. The van der Waals surface area contributed by atoms with E-state index in [1.54, 1.807) is 0 Å². The number of nitrogens with two attached hydrogens (primary N) is 1. The molecule has 3 rings (SSSR count). The minimum absolute atomic E-state index is 0.317. The summed E-state index contributed by atoms with van der Waals surface area (Å²) in [5.74, 6) is 3.67. The summed E-state index contributed by atoms with van der Waals surface area (Å²) in [5, 5.41) is 5.09. The number of rotatable bonds is 3. The molecule has 112 valence electrons. The van der Waals surface area contributed by atoms with Crippen molar-refractivity contribution in [2.24, 2.45) is 0 Å². The minimum Gasteiger partial charge on any atom is -0.398 e. The van der Waals surface area contributed by atoms with E-state index in [1.165, 1.54) is 5.75 Å². The number of hydrogen-bond donors (Lipinski definition) is 1. The van der Waals surface area contributed by atoms with Crippen molar-refractivity contribution in [3.8, 4) is 11.5 Å². The second kappa shape index (κ2) is 6.32. The molecule has 2 atom stereocenters. The lowest BCUT2D eigenvalue weighted by Crippen LogP contribution is -2.19. The number of nitrogen functional groups attached to an aromatic ring is 1. The maximum Gasteiger partial charge on any atom is 0.260 e. The maximum atomic E-state index is 6.03. The van der Waals surface area contributed by atoms with E-state index in [9.17, 15) is 0 Å². The van der Waals surface area contributed by atoms with Gasteiger partial charge in [0.25, 0.3) is 5.89 Å². The molecular formula is C15H19N3OS2. The largest absolute Gasteiger partial charge is 0.398 e. The van der Waals surface area contributed by atoms with Crippen LogP contribution in [0.5, 0.6) is 0 Å². The Morgan fingerprint density at radius 2 is 2.14 bits per heavy atom. The number of benzene rings is 1. The third-order valence-electron chi connectivity index (χ3n) is 3.59. The highest BCUT2D eigenvalue weighted by atomic mass is 32.2. The van der Waals surface area contributed by atoms with Crippen LogP contribution in [0.1, 0.15) is 30.0 Å². The van der Waals surface area contributed by atoms with Crippen molar-refractivity contribution in [2.45, 2.75) is 30.8 Å². The van der Waals surface area contributed by atoms with Gasteiger partial charge in [-0.3, -0.25) is 0 Å². The Kier molecular flexibility index (Phi) is 4.45. The molecule has 1 fully saturated rings. The van der Waals surface area contributed by atoms with Crippen LogP contribution in [0.4, 0.5) is 5.69 Å². The van der Waals surface area contributed by atoms with Crippen LogP contribution in [0.15, 0.2) is 22.7 Å². The van der Waals surface area contributed by atoms with Crippen molar-refractivity contribution in [1.29, 1.82) is 0 Å². The molecule has 1 aliphatic rings. The molecule has 1 saturated heterocycles. The lowest BCUT2D eigenvalue weighted by Gasteiger charge is -2.27. The molecule has 0 saturated carbocycles. The van der Waals surface area contributed by atoms with Gasteiger partial charge >= 0.3 is 0 Å². The van der Waals surface area contributed by atoms with Gasteiger partial charge in [-0.1, -0.05) is 23.7 Å². The zero-order chi connectivity index (χ0) is 14.8. The van der Waals surface area contributed by atoms with Crippen LogP contribution in [-0.4, -0.2) is 26.9 Å². The standard InChI is InChI=1S/C15H19N3OS2/c1-3-12-13(21-7-6-20-12)14-17-15(19-18-14)10-8-9(2)4-5-11(10)16/h4-5,8,12-13H,3,6-7,16H2,1-2H3. The van der Waals surface area contributed by atoms with Gasteiger partial charge in [-0.25, -0.2) is 0 Å². The third kappa shape index (κ3) is 3.06. The molecule has 2 heterocycles. The van der Waals surface area contributed by atoms with E-state index in [1.807, 2.05) is 48.6 Å². The fourth-order valence-corrected chi connectivity index (χ4v) is 5.44. The first-order valence-corrected chi connectivity index (χ1v) is 9.22. The molecule has 0 spiro atoms. The van der Waals surface area contributed by atoms with Crippen molar-refractivity contribution < 1.29 is 4.52 Å². The van der Waals surface area contributed by atoms with E-state index in [0.29, 0.717) is 22.1 Å². The highest BCUT2D eigenvalue weighted by molar-refractivity contribution is 8.06. The average molecular weight is 321 g/mol. The van der Waals surface area contributed by atoms with Crippen LogP contribution in [-0.2, 0) is 0 Å². The van der Waals surface area contributed by atoms with Gasteiger partial charge in [-0.2, -0.15) is 16.7 Å². The van der Waals surface area contributed by atoms with Gasteiger partial charge < -0.3 is 10.3 Å². The molecule has 2 aromatic rings. The molecule has 2 N–H and O–H groups in total. The van der Waals surface area contributed by atoms with Crippen molar-refractivity contribution in [3.63, 3.8) is 0 Å². The van der Waals surface area contributed by atoms with Crippen molar-refractivity contribution >= 4 is 29.2 Å². The summed E-state index contributed by atoms with van der Waals surface area (Å²) >= 11 is 3.94. The monoisotopic (exact) mass is 321 g/mol. The number of anilines is 1. The van der Waals surface area contributed by atoms with Crippen LogP contribution in [0, 0.1) is 6.92 Å². The summed E-state index contributed by atoms with van der Waals surface area (Å²) in [7, 11) is 0. The topological polar surface area (TPSA) is 64.9 Å². The predicted octanol–water partition coefficient (Wildman–Crippen LogP) is 3.93. The highest BCUT2D eigenvalue weighted by Crippen LogP contribution is 2.43. The molecule has 21 heavy (non-hydrogen) atoms. The first kappa shape index (κ1) is 14.8. The summed E-state index contributed by atoms with van der Waals surface area (Å²) in [6, 6.07) is 5.86. The molecular weight excluding hydrogens is 302 g/mol. The number of aromatic nitrogens is 2. The van der Waals surface area contributed by atoms with Gasteiger partial charge in [0.05, 0.1) is 10.8 Å². The van der Waals surface area contributed by atoms with Gasteiger partial charge in [0.1, 0.15) is 0 Å². The molecule has 0 radical (unpaired) electrons. The van der Waals surface area contributed by atoms with E-state index in [4.69, 9.17) is 10.3 Å². The summed E-state index contributed by atoms with van der Waals surface area (Å²) < 4.78 is 5.47. The van der Waals surface area contributed by atoms with Crippen molar-refractivity contribution in [3.05, 3.63) is 29.6 Å². The second-order valence-corrected chi connectivity index (χ2v) is 7.75. The second-order valence-electron chi connectivity index (χ2n) is 5.16. The van der Waals surface area contributed by atoms with E-state index < -0.39 is 0 Å². The fraction of sp³-hybridized carbons (Fsp3) is 0.467. The molecule has 1 aliphatic heterocycles. The van der Waals surface area contributed by atoms with Crippen molar-refractivity contribution in [2.75, 3.05) is 17.2 Å². The molecule has 6 heteroatoms. The molecule has 1 aromatic heterocycles. The lowest BCUT2D eigenvalue weighted by atomic mass is 10.1. The van der Waals surface area contributed by atoms with Crippen LogP contribution >= 0.6 is 23.5 Å². The summed E-state index contributed by atoms with van der Waals surface area (Å²) in [6.45, 7) is 4.25. The van der Waals surface area contributed by atoms with E-state index >= 15 is 0 Å². The van der Waals surface area contributed by atoms with Gasteiger partial charge in [0.2, 0.25) is 0 Å². The van der Waals surface area contributed by atoms with E-state index in [-0.39, 0.29) is 0 Å². The Hall–Kier alpha value is -1.14. The van der Waals surface area contributed by atoms with Crippen LogP contribution < -0.4 is 5.73 Å². The van der Waals surface area contributed by atoms with E-state index in [0.717, 1.165) is 29.1 Å². The number of hydrogen-bond acceptors (Lipinski definition) is 6. The van der Waals surface area contributed by atoms with Gasteiger partial charge in [-0.05, 0) is 25.5 Å². The summed E-state index contributed by atoms with van der Waals surface area (Å²) in [6.07, 6.45) is 1.12.